The van der Waals surface area contributed by atoms with Gasteiger partial charge in [0.2, 0.25) is 0 Å². The minimum atomic E-state index is -0.740. The van der Waals surface area contributed by atoms with E-state index in [2.05, 4.69) is 20.1 Å². The van der Waals surface area contributed by atoms with E-state index < -0.39 is 5.60 Å². The van der Waals surface area contributed by atoms with E-state index in [0.29, 0.717) is 12.3 Å². The van der Waals surface area contributed by atoms with E-state index in [1.165, 1.54) is 0 Å². The largest absolute Gasteiger partial charge is 0.357 e. The minimum Gasteiger partial charge on any atom is -0.357 e. The first kappa shape index (κ1) is 15.1. The Kier molecular flexibility index (Phi) is 2.97. The van der Waals surface area contributed by atoms with Crippen molar-refractivity contribution in [1.29, 1.82) is 0 Å². The number of epoxide rings is 1. The van der Waals surface area contributed by atoms with Gasteiger partial charge >= 0.3 is 0 Å². The van der Waals surface area contributed by atoms with Gasteiger partial charge in [-0.05, 0) is 39.0 Å². The molecule has 23 heavy (non-hydrogen) atoms. The molecule has 0 aromatic carbocycles. The minimum absolute atomic E-state index is 0.0313. The van der Waals surface area contributed by atoms with Gasteiger partial charge in [-0.15, -0.1) is 0 Å². The average molecular weight is 312 g/mol. The van der Waals surface area contributed by atoms with Crippen LogP contribution in [0.15, 0.2) is 35.5 Å². The van der Waals surface area contributed by atoms with E-state index in [4.69, 9.17) is 4.74 Å². The van der Waals surface area contributed by atoms with Crippen LogP contribution in [-0.2, 0) is 14.3 Å². The van der Waals surface area contributed by atoms with Gasteiger partial charge in [-0.2, -0.15) is 0 Å². The highest BCUT2D eigenvalue weighted by atomic mass is 16.6. The third-order valence-corrected chi connectivity index (χ3v) is 6.49. The van der Waals surface area contributed by atoms with Crippen LogP contribution in [0.25, 0.3) is 0 Å². The van der Waals surface area contributed by atoms with Crippen LogP contribution >= 0.6 is 0 Å². The summed E-state index contributed by atoms with van der Waals surface area (Å²) >= 11 is 0. The first-order chi connectivity index (χ1) is 10.8. The fourth-order valence-corrected chi connectivity index (χ4v) is 5.19. The van der Waals surface area contributed by atoms with Gasteiger partial charge < -0.3 is 4.74 Å². The van der Waals surface area contributed by atoms with E-state index in [9.17, 15) is 9.59 Å². The summed E-state index contributed by atoms with van der Waals surface area (Å²) in [6, 6.07) is 0. The molecule has 1 aliphatic heterocycles. The summed E-state index contributed by atoms with van der Waals surface area (Å²) in [6.07, 6.45) is 2.35. The van der Waals surface area contributed by atoms with Crippen molar-refractivity contribution in [3.63, 3.8) is 0 Å². The summed E-state index contributed by atoms with van der Waals surface area (Å²) in [6.45, 7) is 14.3. The summed E-state index contributed by atoms with van der Waals surface area (Å²) in [7, 11) is 0. The molecule has 0 unspecified atom stereocenters. The highest BCUT2D eigenvalue weighted by molar-refractivity contribution is 6.15. The maximum atomic E-state index is 13.0. The number of ketones is 2. The van der Waals surface area contributed by atoms with Crippen LogP contribution in [0.2, 0.25) is 0 Å². The van der Waals surface area contributed by atoms with Crippen molar-refractivity contribution < 1.29 is 14.3 Å². The predicted octanol–water partition coefficient (Wildman–Crippen LogP) is 3.41. The van der Waals surface area contributed by atoms with Crippen LogP contribution in [0.5, 0.6) is 0 Å². The fourth-order valence-electron chi connectivity index (χ4n) is 5.19. The first-order valence-corrected chi connectivity index (χ1v) is 8.60. The molecule has 1 heterocycles. The highest BCUT2D eigenvalue weighted by Crippen LogP contribution is 2.60. The number of hydrogen-bond donors (Lipinski definition) is 0. The molecule has 0 aromatic heterocycles. The van der Waals surface area contributed by atoms with Gasteiger partial charge in [-0.3, -0.25) is 9.59 Å². The van der Waals surface area contributed by atoms with Gasteiger partial charge in [0.25, 0.3) is 0 Å². The Balaban J connectivity index is 1.91. The van der Waals surface area contributed by atoms with Crippen LogP contribution in [0.3, 0.4) is 0 Å². The van der Waals surface area contributed by atoms with Crippen LogP contribution in [0.1, 0.15) is 40.0 Å². The van der Waals surface area contributed by atoms with Gasteiger partial charge in [0.1, 0.15) is 0 Å². The van der Waals surface area contributed by atoms with Gasteiger partial charge in [0.05, 0.1) is 6.10 Å². The SMILES string of the molecule is C=C1CC[C@@H](C(=C)C)[C@H]2[C@H]1C1=C(C[C@@H](C)C1=O)C(=O)[C@@]1(C)O[C@@H]21. The molecule has 2 fully saturated rings. The normalized spacial score (nSPS) is 45.3. The Hall–Kier alpha value is -1.48. The van der Waals surface area contributed by atoms with Crippen LogP contribution in [-0.4, -0.2) is 23.3 Å². The lowest BCUT2D eigenvalue weighted by Gasteiger charge is -2.40. The number of allylic oxidation sites excluding steroid dienone is 3. The summed E-state index contributed by atoms with van der Waals surface area (Å²) in [4.78, 5) is 25.8. The summed E-state index contributed by atoms with van der Waals surface area (Å²) in [5, 5.41) is 0. The quantitative estimate of drug-likeness (QED) is 0.550. The number of Topliss-reactive ketones (excluding diaryl/α,β-unsaturated/α-hetero) is 2. The third-order valence-electron chi connectivity index (χ3n) is 6.49. The Labute approximate surface area is 137 Å². The van der Waals surface area contributed by atoms with Crippen LogP contribution in [0.4, 0.5) is 0 Å². The fraction of sp³-hybridized carbons (Fsp3) is 0.600. The number of carbonyl (C=O) groups is 2. The monoisotopic (exact) mass is 312 g/mol. The zero-order chi connectivity index (χ0) is 16.7. The van der Waals surface area contributed by atoms with Crippen molar-refractivity contribution in [3.8, 4) is 0 Å². The van der Waals surface area contributed by atoms with Crippen molar-refractivity contribution >= 4 is 11.6 Å². The first-order valence-electron chi connectivity index (χ1n) is 8.60. The van der Waals surface area contributed by atoms with E-state index in [1.54, 1.807) is 0 Å². The third kappa shape index (κ3) is 1.80. The van der Waals surface area contributed by atoms with Gasteiger partial charge in [-0.25, -0.2) is 0 Å². The summed E-state index contributed by atoms with van der Waals surface area (Å²) in [5.74, 6) is 0.484. The molecular weight excluding hydrogens is 288 g/mol. The topological polar surface area (TPSA) is 46.7 Å². The molecular formula is C20H24O3. The van der Waals surface area contributed by atoms with Crippen molar-refractivity contribution in [3.05, 3.63) is 35.5 Å². The van der Waals surface area contributed by atoms with Gasteiger partial charge in [0.15, 0.2) is 17.2 Å². The molecule has 1 saturated heterocycles. The zero-order valence-electron chi connectivity index (χ0n) is 14.1. The molecule has 0 aromatic rings. The second-order valence-corrected chi connectivity index (χ2v) is 8.04. The predicted molar refractivity (Wildman–Crippen MR) is 87.8 cm³/mol. The molecule has 0 spiro atoms. The number of rotatable bonds is 1. The molecule has 4 aliphatic rings. The molecule has 3 aliphatic carbocycles. The molecule has 0 amide bonds. The van der Waals surface area contributed by atoms with E-state index in [1.807, 2.05) is 13.8 Å². The van der Waals surface area contributed by atoms with Crippen molar-refractivity contribution in [2.75, 3.05) is 0 Å². The standard InChI is InChI=1S/C20H24O3/c1-9(2)12-7-6-10(3)14-15-13(8-11(4)17(15)21)18(22)20(5)19(23-20)16(12)14/h11-12,14,16,19H,1,3,6-8H2,2,4-5H3/t11-,12+,14-,16+,19+,20-/m1/s1. The second kappa shape index (κ2) is 4.54. The number of ether oxygens (including phenoxy) is 1. The molecule has 0 radical (unpaired) electrons. The van der Waals surface area contributed by atoms with Crippen LogP contribution < -0.4 is 0 Å². The van der Waals surface area contributed by atoms with Gasteiger partial charge in [-0.1, -0.05) is 31.2 Å². The Bertz CT molecular complexity index is 698. The highest BCUT2D eigenvalue weighted by Gasteiger charge is 2.68. The number of carbonyl (C=O) groups excluding carboxylic acids is 2. The molecule has 4 rings (SSSR count). The maximum absolute atomic E-state index is 13.0. The Morgan fingerprint density at radius 3 is 2.70 bits per heavy atom. The number of hydrogen-bond acceptors (Lipinski definition) is 3. The molecule has 1 saturated carbocycles. The van der Waals surface area contributed by atoms with Crippen molar-refractivity contribution in [2.45, 2.75) is 51.7 Å². The summed E-state index contributed by atoms with van der Waals surface area (Å²) < 4.78 is 5.96. The maximum Gasteiger partial charge on any atom is 0.193 e. The van der Waals surface area contributed by atoms with Crippen molar-refractivity contribution in [2.24, 2.45) is 23.7 Å². The van der Waals surface area contributed by atoms with E-state index in [-0.39, 0.29) is 35.4 Å². The Morgan fingerprint density at radius 2 is 2.04 bits per heavy atom. The number of fused-ring (bicyclic) bond motifs is 4. The summed E-state index contributed by atoms with van der Waals surface area (Å²) in [5.41, 5.74) is 2.97. The lowest BCUT2D eigenvalue weighted by molar-refractivity contribution is -0.120. The molecule has 3 heteroatoms. The lowest BCUT2D eigenvalue weighted by atomic mass is 9.63. The Morgan fingerprint density at radius 1 is 1.35 bits per heavy atom. The van der Waals surface area contributed by atoms with E-state index in [0.717, 1.165) is 35.1 Å². The lowest BCUT2D eigenvalue weighted by Crippen LogP contribution is -2.38. The van der Waals surface area contributed by atoms with E-state index >= 15 is 0 Å². The molecule has 0 bridgehead atoms. The smallest absolute Gasteiger partial charge is 0.193 e. The zero-order valence-corrected chi connectivity index (χ0v) is 14.1. The van der Waals surface area contributed by atoms with Crippen LogP contribution in [0, 0.1) is 23.7 Å². The molecule has 3 nitrogen and oxygen atoms in total. The van der Waals surface area contributed by atoms with Gasteiger partial charge in [0, 0.05) is 28.9 Å². The average Bonchev–Trinajstić information content (AvgIpc) is 3.11. The molecule has 0 N–H and O–H groups in total. The molecule has 122 valence electrons. The molecule has 6 atom stereocenters. The second-order valence-electron chi connectivity index (χ2n) is 8.04. The van der Waals surface area contributed by atoms with Crippen molar-refractivity contribution in [1.82, 2.24) is 0 Å².